The van der Waals surface area contributed by atoms with Gasteiger partial charge < -0.3 is 50.0 Å². The second-order valence-electron chi connectivity index (χ2n) is 10.6. The van der Waals surface area contributed by atoms with Gasteiger partial charge in [-0.3, -0.25) is 0 Å². The summed E-state index contributed by atoms with van der Waals surface area (Å²) < 4.78 is 18.6. The molecule has 3 aliphatic heterocycles. The van der Waals surface area contributed by atoms with E-state index in [1.54, 1.807) is 24.3 Å². The molecule has 0 fully saturated rings. The monoisotopic (exact) mass is 558 g/mol. The van der Waals surface area contributed by atoms with E-state index in [1.807, 2.05) is 0 Å². The maximum absolute atomic E-state index is 11.3. The minimum atomic E-state index is -0.982. The molecule has 4 aromatic carbocycles. The summed E-state index contributed by atoms with van der Waals surface area (Å²) in [7, 11) is 0. The molecule has 0 unspecified atom stereocenters. The normalized spacial score (nSPS) is 24.2. The van der Waals surface area contributed by atoms with Crippen LogP contribution in [0.2, 0.25) is 0 Å². The lowest BCUT2D eigenvalue weighted by atomic mass is 9.77. The Hall–Kier alpha value is -4.80. The van der Waals surface area contributed by atoms with E-state index < -0.39 is 30.3 Å². The van der Waals surface area contributed by atoms with E-state index in [0.29, 0.717) is 44.9 Å². The molecule has 41 heavy (non-hydrogen) atoms. The predicted octanol–water partition coefficient (Wildman–Crippen LogP) is 4.12. The quantitative estimate of drug-likeness (QED) is 0.178. The molecule has 0 spiro atoms. The van der Waals surface area contributed by atoms with Gasteiger partial charge in [0.25, 0.3) is 0 Å². The van der Waals surface area contributed by atoms with Crippen LogP contribution in [0.5, 0.6) is 46.0 Å². The molecule has 5 atom stereocenters. The fourth-order valence-electron chi connectivity index (χ4n) is 6.15. The number of benzene rings is 4. The van der Waals surface area contributed by atoms with E-state index >= 15 is 0 Å². The number of rotatable bonds is 2. The molecule has 7 rings (SSSR count). The average Bonchev–Trinajstić information content (AvgIpc) is 2.95. The molecule has 0 saturated carbocycles. The van der Waals surface area contributed by atoms with Crippen molar-refractivity contribution in [2.75, 3.05) is 0 Å². The molecule has 0 aliphatic carbocycles. The molecular weight excluding hydrogens is 532 g/mol. The molecule has 7 N–H and O–H groups in total. The standard InChI is InChI=1S/C31H26O10/c32-15-2-3-17-26(10-15)41-30-16-4-6-21(34)28(38)19(16)12-39-31(30)27(17)18-7-14-9-24(37)29(40-25(14)11-22(18)35)13-1-5-20(33)23(36)8-13/h1-8,10-11,24,27,29-38H,9,12H2/t24-,27+,29-,30+,31-/m0/s1. The third kappa shape index (κ3) is 3.94. The number of aromatic hydroxyl groups is 6. The minimum Gasteiger partial charge on any atom is -0.508 e. The lowest BCUT2D eigenvalue weighted by molar-refractivity contribution is -0.0720. The summed E-state index contributed by atoms with van der Waals surface area (Å²) in [6, 6.07) is 15.2. The zero-order valence-corrected chi connectivity index (χ0v) is 21.4. The van der Waals surface area contributed by atoms with Crippen LogP contribution in [0, 0.1) is 0 Å². The number of phenols is 6. The molecule has 0 bridgehead atoms. The maximum Gasteiger partial charge on any atom is 0.163 e. The van der Waals surface area contributed by atoms with Gasteiger partial charge in [-0.1, -0.05) is 18.2 Å². The Bertz CT molecular complexity index is 1700. The van der Waals surface area contributed by atoms with E-state index in [9.17, 15) is 35.7 Å². The highest BCUT2D eigenvalue weighted by Crippen LogP contribution is 2.54. The van der Waals surface area contributed by atoms with E-state index in [4.69, 9.17) is 14.2 Å². The Balaban J connectivity index is 1.31. The summed E-state index contributed by atoms with van der Waals surface area (Å²) >= 11 is 0. The topological polar surface area (TPSA) is 169 Å². The van der Waals surface area contributed by atoms with Gasteiger partial charge in [-0.15, -0.1) is 0 Å². The predicted molar refractivity (Wildman–Crippen MR) is 143 cm³/mol. The Labute approximate surface area is 233 Å². The maximum atomic E-state index is 11.3. The average molecular weight is 559 g/mol. The molecule has 3 aliphatic rings. The largest absolute Gasteiger partial charge is 0.508 e. The van der Waals surface area contributed by atoms with Crippen LogP contribution in [0.1, 0.15) is 51.5 Å². The van der Waals surface area contributed by atoms with Crippen molar-refractivity contribution in [3.05, 3.63) is 94.0 Å². The highest BCUT2D eigenvalue weighted by atomic mass is 16.5. The van der Waals surface area contributed by atoms with Gasteiger partial charge in [0.1, 0.15) is 35.2 Å². The first kappa shape index (κ1) is 25.2. The van der Waals surface area contributed by atoms with Crippen LogP contribution in [0.15, 0.2) is 60.7 Å². The van der Waals surface area contributed by atoms with E-state index in [0.717, 1.165) is 0 Å². The summed E-state index contributed by atoms with van der Waals surface area (Å²) in [6.07, 6.45) is -3.00. The zero-order valence-electron chi connectivity index (χ0n) is 21.4. The van der Waals surface area contributed by atoms with Crippen molar-refractivity contribution < 1.29 is 50.0 Å². The van der Waals surface area contributed by atoms with Gasteiger partial charge in [-0.25, -0.2) is 0 Å². The first-order chi connectivity index (χ1) is 19.7. The van der Waals surface area contributed by atoms with Crippen LogP contribution >= 0.6 is 0 Å². The van der Waals surface area contributed by atoms with Gasteiger partial charge in [0.05, 0.1) is 12.7 Å². The second-order valence-corrected chi connectivity index (χ2v) is 10.6. The van der Waals surface area contributed by atoms with Crippen LogP contribution < -0.4 is 9.47 Å². The summed E-state index contributed by atoms with van der Waals surface area (Å²) in [5, 5.41) is 72.6. The number of aliphatic hydroxyl groups excluding tert-OH is 1. The highest BCUT2D eigenvalue weighted by molar-refractivity contribution is 5.58. The number of aliphatic hydroxyl groups is 1. The lowest BCUT2D eigenvalue weighted by Crippen LogP contribution is -2.40. The van der Waals surface area contributed by atoms with Gasteiger partial charge in [0.2, 0.25) is 0 Å². The van der Waals surface area contributed by atoms with Crippen molar-refractivity contribution in [1.82, 2.24) is 0 Å². The number of fused-ring (bicyclic) bond motifs is 5. The second kappa shape index (κ2) is 9.12. The van der Waals surface area contributed by atoms with Crippen molar-refractivity contribution in [1.29, 1.82) is 0 Å². The van der Waals surface area contributed by atoms with Crippen molar-refractivity contribution in [2.24, 2.45) is 0 Å². The summed E-state index contributed by atoms with van der Waals surface area (Å²) in [6.45, 7) is -0.00130. The molecule has 4 aromatic rings. The molecule has 210 valence electrons. The minimum absolute atomic E-state index is 0.00130. The SMILES string of the molecule is Oc1ccc2c(c1)O[C@@H]1c3ccc(O)c(O)c3CO[C@H]1[C@H]2c1cc2c(cc1O)O[C@@H](c1ccc(O)c(O)c1)[C@@H](O)C2. The van der Waals surface area contributed by atoms with Gasteiger partial charge in [0.15, 0.2) is 29.1 Å². The Morgan fingerprint density at radius 3 is 2.20 bits per heavy atom. The molecular formula is C31H26O10. The van der Waals surface area contributed by atoms with Crippen molar-refractivity contribution >= 4 is 0 Å². The van der Waals surface area contributed by atoms with Crippen LogP contribution in [0.4, 0.5) is 0 Å². The molecule has 0 saturated heterocycles. The Kier molecular flexibility index (Phi) is 5.60. The molecule has 3 heterocycles. The fraction of sp³-hybridized carbons (Fsp3) is 0.226. The van der Waals surface area contributed by atoms with Gasteiger partial charge >= 0.3 is 0 Å². The van der Waals surface area contributed by atoms with Gasteiger partial charge in [-0.2, -0.15) is 0 Å². The number of hydrogen-bond acceptors (Lipinski definition) is 10. The van der Waals surface area contributed by atoms with Gasteiger partial charge in [-0.05, 0) is 41.5 Å². The Morgan fingerprint density at radius 1 is 0.634 bits per heavy atom. The molecule has 0 radical (unpaired) electrons. The summed E-state index contributed by atoms with van der Waals surface area (Å²) in [5.41, 5.74) is 3.29. The number of phenolic OH excluding ortho intramolecular Hbond substituents is 6. The lowest BCUT2D eigenvalue weighted by Gasteiger charge is -2.43. The van der Waals surface area contributed by atoms with Crippen LogP contribution in [0.3, 0.4) is 0 Å². The number of hydrogen-bond donors (Lipinski definition) is 7. The van der Waals surface area contributed by atoms with Crippen molar-refractivity contribution in [2.45, 2.75) is 43.4 Å². The Morgan fingerprint density at radius 2 is 1.39 bits per heavy atom. The number of ether oxygens (including phenoxy) is 3. The van der Waals surface area contributed by atoms with E-state index in [2.05, 4.69) is 0 Å². The molecule has 0 amide bonds. The van der Waals surface area contributed by atoms with Crippen LogP contribution in [-0.2, 0) is 17.8 Å². The first-order valence-corrected chi connectivity index (χ1v) is 13.1. The van der Waals surface area contributed by atoms with Crippen molar-refractivity contribution in [3.63, 3.8) is 0 Å². The zero-order chi connectivity index (χ0) is 28.6. The van der Waals surface area contributed by atoms with Crippen LogP contribution in [-0.4, -0.2) is 48.0 Å². The third-order valence-electron chi connectivity index (χ3n) is 8.14. The third-order valence-corrected chi connectivity index (χ3v) is 8.14. The van der Waals surface area contributed by atoms with E-state index in [1.165, 1.54) is 36.4 Å². The summed E-state index contributed by atoms with van der Waals surface area (Å²) in [5.74, 6) is -1.11. The van der Waals surface area contributed by atoms with Crippen LogP contribution in [0.25, 0.3) is 0 Å². The summed E-state index contributed by atoms with van der Waals surface area (Å²) in [4.78, 5) is 0. The van der Waals surface area contributed by atoms with Crippen molar-refractivity contribution in [3.8, 4) is 46.0 Å². The first-order valence-electron chi connectivity index (χ1n) is 13.1. The van der Waals surface area contributed by atoms with E-state index in [-0.39, 0.29) is 47.5 Å². The van der Waals surface area contributed by atoms with Gasteiger partial charge in [0, 0.05) is 46.7 Å². The molecule has 0 aromatic heterocycles. The highest BCUT2D eigenvalue weighted by Gasteiger charge is 2.46. The molecule has 10 heteroatoms. The molecule has 10 nitrogen and oxygen atoms in total. The fourth-order valence-corrected chi connectivity index (χ4v) is 6.15. The smallest absolute Gasteiger partial charge is 0.163 e.